The summed E-state index contributed by atoms with van der Waals surface area (Å²) in [7, 11) is 0. The third-order valence-electron chi connectivity index (χ3n) is 6.35. The second-order valence-corrected chi connectivity index (χ2v) is 8.80. The molecular weight excluding hydrogens is 496 g/mol. The minimum absolute atomic E-state index is 0.0500. The fourth-order valence-corrected chi connectivity index (χ4v) is 4.41. The number of aliphatic carboxylic acids is 1. The predicted octanol–water partition coefficient (Wildman–Crippen LogP) is 3.82. The van der Waals surface area contributed by atoms with Gasteiger partial charge >= 0.3 is 5.97 Å². The number of anilines is 1. The Morgan fingerprint density at radius 2 is 1.76 bits per heavy atom. The quantitative estimate of drug-likeness (QED) is 0.441. The number of carbonyl (C=O) groups is 3. The molecule has 1 unspecified atom stereocenters. The second kappa shape index (κ2) is 11.4. The minimum atomic E-state index is -1.24. The van der Waals surface area contributed by atoms with Gasteiger partial charge in [0.05, 0.1) is 17.8 Å². The number of ether oxygens (including phenoxy) is 1. The molecule has 0 bridgehead atoms. The van der Waals surface area contributed by atoms with E-state index in [0.717, 1.165) is 22.6 Å². The van der Waals surface area contributed by atoms with E-state index in [1.165, 1.54) is 11.0 Å². The average molecular weight is 524 g/mol. The fourth-order valence-electron chi connectivity index (χ4n) is 4.41. The smallest absolute Gasteiger partial charge is 0.326 e. The number of carboxylic acid groups (broad SMARTS) is 1. The maximum Gasteiger partial charge on any atom is 0.326 e. The Bertz CT molecular complexity index is 1360. The Hall–Kier alpha value is -4.31. The first-order valence-electron chi connectivity index (χ1n) is 12.1. The molecule has 1 heterocycles. The van der Waals surface area contributed by atoms with E-state index in [1.54, 1.807) is 49.4 Å². The third kappa shape index (κ3) is 5.50. The number of carbonyl (C=O) groups excluding carboxylic acids is 2. The molecule has 38 heavy (non-hydrogen) atoms. The molecule has 0 saturated carbocycles. The van der Waals surface area contributed by atoms with Crippen LogP contribution >= 0.6 is 0 Å². The first-order chi connectivity index (χ1) is 18.2. The summed E-state index contributed by atoms with van der Waals surface area (Å²) in [6.45, 7) is 1.57. The van der Waals surface area contributed by atoms with Crippen molar-refractivity contribution >= 4 is 23.5 Å². The maximum absolute atomic E-state index is 14.5. The molecule has 0 saturated heterocycles. The number of nitrogens with two attached hydrogens (primary N) is 1. The third-order valence-corrected chi connectivity index (χ3v) is 6.35. The molecule has 0 fully saturated rings. The molecule has 3 aromatic rings. The summed E-state index contributed by atoms with van der Waals surface area (Å²) in [4.78, 5) is 41.2. The zero-order valence-electron chi connectivity index (χ0n) is 20.7. The van der Waals surface area contributed by atoms with Gasteiger partial charge in [-0.3, -0.25) is 9.59 Å². The summed E-state index contributed by atoms with van der Waals surface area (Å²) in [6.07, 6.45) is 0.0836. The fraction of sp³-hybridized carbons (Fsp3) is 0.250. The standard InChI is InChI=1S/C28H27F2N3O5/c1-2-24(28(36)37)33-16-26(34)32(15-19-3-7-20(29)14-23(19)30)25-10-6-18(13-22(25)27(33)35)17-4-8-21(9-5-17)38-12-11-31/h3-10,13-14,24H,2,11-12,15-16,31H2,1H3,(H,36,37). The largest absolute Gasteiger partial charge is 0.492 e. The van der Waals surface area contributed by atoms with Crippen molar-refractivity contribution in [3.63, 3.8) is 0 Å². The summed E-state index contributed by atoms with van der Waals surface area (Å²) in [5, 5.41) is 9.73. The van der Waals surface area contributed by atoms with Gasteiger partial charge < -0.3 is 25.4 Å². The Balaban J connectivity index is 1.79. The number of fused-ring (bicyclic) bond motifs is 1. The van der Waals surface area contributed by atoms with E-state index >= 15 is 0 Å². The van der Waals surface area contributed by atoms with Gasteiger partial charge in [-0.25, -0.2) is 13.6 Å². The van der Waals surface area contributed by atoms with Crippen LogP contribution in [0, 0.1) is 11.6 Å². The van der Waals surface area contributed by atoms with Gasteiger partial charge in [-0.2, -0.15) is 0 Å². The number of amides is 2. The molecule has 4 rings (SSSR count). The number of rotatable bonds is 9. The zero-order valence-corrected chi connectivity index (χ0v) is 20.7. The van der Waals surface area contributed by atoms with Gasteiger partial charge in [0.1, 0.15) is 36.6 Å². The van der Waals surface area contributed by atoms with Crippen molar-refractivity contribution in [2.75, 3.05) is 24.6 Å². The molecule has 0 aromatic heterocycles. The van der Waals surface area contributed by atoms with Gasteiger partial charge in [0.25, 0.3) is 5.91 Å². The lowest BCUT2D eigenvalue weighted by Crippen LogP contribution is -2.48. The lowest BCUT2D eigenvalue weighted by Gasteiger charge is -2.26. The van der Waals surface area contributed by atoms with Crippen molar-refractivity contribution in [3.05, 3.63) is 83.4 Å². The number of halogens is 2. The average Bonchev–Trinajstić information content (AvgIpc) is 2.99. The molecule has 0 aliphatic carbocycles. The summed E-state index contributed by atoms with van der Waals surface area (Å²) in [6, 6.07) is 13.8. The zero-order chi connectivity index (χ0) is 27.4. The minimum Gasteiger partial charge on any atom is -0.492 e. The van der Waals surface area contributed by atoms with Gasteiger partial charge in [-0.15, -0.1) is 0 Å². The van der Waals surface area contributed by atoms with Crippen LogP contribution in [0.4, 0.5) is 14.5 Å². The van der Waals surface area contributed by atoms with Crippen molar-refractivity contribution in [3.8, 4) is 16.9 Å². The lowest BCUT2D eigenvalue weighted by molar-refractivity contribution is -0.142. The van der Waals surface area contributed by atoms with Gasteiger partial charge in [0.15, 0.2) is 0 Å². The highest BCUT2D eigenvalue weighted by atomic mass is 19.1. The van der Waals surface area contributed by atoms with E-state index in [1.807, 2.05) is 0 Å². The molecule has 8 nitrogen and oxygen atoms in total. The molecule has 1 aliphatic rings. The van der Waals surface area contributed by atoms with Gasteiger partial charge in [0.2, 0.25) is 5.91 Å². The summed E-state index contributed by atoms with van der Waals surface area (Å²) in [5.74, 6) is -3.42. The van der Waals surface area contributed by atoms with Gasteiger partial charge in [-0.1, -0.05) is 31.2 Å². The molecule has 10 heteroatoms. The van der Waals surface area contributed by atoms with Crippen molar-refractivity contribution in [2.24, 2.45) is 5.73 Å². The van der Waals surface area contributed by atoms with E-state index in [9.17, 15) is 28.3 Å². The normalized spacial score (nSPS) is 14.2. The molecule has 3 N–H and O–H groups in total. The number of nitrogens with zero attached hydrogens (tertiary/aromatic N) is 2. The summed E-state index contributed by atoms with van der Waals surface area (Å²) in [5.41, 5.74) is 7.22. The van der Waals surface area contributed by atoms with E-state index in [-0.39, 0.29) is 29.8 Å². The molecular formula is C28H27F2N3O5. The van der Waals surface area contributed by atoms with Crippen molar-refractivity contribution < 1.29 is 33.0 Å². The topological polar surface area (TPSA) is 113 Å². The monoisotopic (exact) mass is 523 g/mol. The van der Waals surface area contributed by atoms with Crippen LogP contribution in [0.3, 0.4) is 0 Å². The van der Waals surface area contributed by atoms with E-state index in [4.69, 9.17) is 10.5 Å². The molecule has 0 radical (unpaired) electrons. The Labute approximate surface area is 218 Å². The van der Waals surface area contributed by atoms with Crippen LogP contribution in [0.25, 0.3) is 11.1 Å². The Morgan fingerprint density at radius 3 is 2.39 bits per heavy atom. The maximum atomic E-state index is 14.5. The van der Waals surface area contributed by atoms with Crippen molar-refractivity contribution in [2.45, 2.75) is 25.9 Å². The number of carboxylic acids is 1. The van der Waals surface area contributed by atoms with Crippen molar-refractivity contribution in [1.82, 2.24) is 4.90 Å². The van der Waals surface area contributed by atoms with E-state index in [0.29, 0.717) is 24.5 Å². The van der Waals surface area contributed by atoms with Gasteiger partial charge in [-0.05, 0) is 47.9 Å². The van der Waals surface area contributed by atoms with Crippen LogP contribution in [0.5, 0.6) is 5.75 Å². The molecule has 3 aromatic carbocycles. The Kier molecular flexibility index (Phi) is 8.02. The molecule has 198 valence electrons. The highest BCUT2D eigenvalue weighted by Gasteiger charge is 2.37. The van der Waals surface area contributed by atoms with Crippen LogP contribution in [0.15, 0.2) is 60.7 Å². The first-order valence-corrected chi connectivity index (χ1v) is 12.1. The molecule has 1 aliphatic heterocycles. The highest BCUT2D eigenvalue weighted by Crippen LogP contribution is 2.33. The van der Waals surface area contributed by atoms with Crippen LogP contribution in [0.2, 0.25) is 0 Å². The predicted molar refractivity (Wildman–Crippen MR) is 137 cm³/mol. The second-order valence-electron chi connectivity index (χ2n) is 8.80. The first kappa shape index (κ1) is 26.7. The number of hydrogen-bond acceptors (Lipinski definition) is 5. The lowest BCUT2D eigenvalue weighted by atomic mass is 10.00. The summed E-state index contributed by atoms with van der Waals surface area (Å²) < 4.78 is 33.5. The van der Waals surface area contributed by atoms with Crippen LogP contribution < -0.4 is 15.4 Å². The van der Waals surface area contributed by atoms with E-state index < -0.39 is 42.0 Å². The van der Waals surface area contributed by atoms with Gasteiger partial charge in [0, 0.05) is 18.2 Å². The molecule has 2 amide bonds. The molecule has 0 spiro atoms. The Morgan fingerprint density at radius 1 is 1.05 bits per heavy atom. The number of benzene rings is 3. The summed E-state index contributed by atoms with van der Waals surface area (Å²) >= 11 is 0. The highest BCUT2D eigenvalue weighted by molar-refractivity contribution is 6.11. The van der Waals surface area contributed by atoms with Crippen LogP contribution in [0.1, 0.15) is 29.3 Å². The van der Waals surface area contributed by atoms with E-state index in [2.05, 4.69) is 0 Å². The van der Waals surface area contributed by atoms with Crippen LogP contribution in [-0.2, 0) is 16.1 Å². The SMILES string of the molecule is CCC(C(=O)O)N1CC(=O)N(Cc2ccc(F)cc2F)c2ccc(-c3ccc(OCCN)cc3)cc2C1=O. The molecule has 1 atom stereocenters. The van der Waals surface area contributed by atoms with Crippen molar-refractivity contribution in [1.29, 1.82) is 0 Å². The number of hydrogen-bond donors (Lipinski definition) is 2. The van der Waals surface area contributed by atoms with Crippen LogP contribution in [-0.4, -0.2) is 53.5 Å².